The van der Waals surface area contributed by atoms with Crippen LogP contribution in [-0.4, -0.2) is 4.57 Å². The van der Waals surface area contributed by atoms with Gasteiger partial charge in [0.2, 0.25) is 0 Å². The van der Waals surface area contributed by atoms with Crippen LogP contribution < -0.4 is 4.90 Å². The lowest BCUT2D eigenvalue weighted by molar-refractivity contribution is 0.871. The second kappa shape index (κ2) is 9.83. The predicted octanol–water partition coefficient (Wildman–Crippen LogP) is 10.2. The minimum Gasteiger partial charge on any atom is -0.317 e. The molecule has 0 amide bonds. The maximum absolute atomic E-state index is 4.44. The number of benzene rings is 3. The number of thioether (sulfide) groups is 1. The molecular weight excluding hydrogens is 492 g/mol. The average molecular weight is 523 g/mol. The minimum atomic E-state index is 1.02. The van der Waals surface area contributed by atoms with Gasteiger partial charge >= 0.3 is 0 Å². The van der Waals surface area contributed by atoms with Crippen molar-refractivity contribution in [3.8, 4) is 0 Å². The zero-order chi connectivity index (χ0) is 26.3. The SMILES string of the molecule is C=C1CC/C=C\N(c2ccc3c(c2)c2ccccc2n3C2=C/C(=C)c3ccccc3S/C=C\2)C2=C1CCC=C2. The zero-order valence-electron chi connectivity index (χ0n) is 21.9. The quantitative estimate of drug-likeness (QED) is 0.259. The summed E-state index contributed by atoms with van der Waals surface area (Å²) in [6, 6.07) is 24.1. The Kier molecular flexibility index (Phi) is 6.02. The van der Waals surface area contributed by atoms with E-state index in [4.69, 9.17) is 0 Å². The van der Waals surface area contributed by atoms with Crippen molar-refractivity contribution >= 4 is 50.5 Å². The molecule has 39 heavy (non-hydrogen) atoms. The van der Waals surface area contributed by atoms with Crippen molar-refractivity contribution in [2.24, 2.45) is 0 Å². The van der Waals surface area contributed by atoms with E-state index in [1.54, 1.807) is 11.8 Å². The fourth-order valence-electron chi connectivity index (χ4n) is 5.97. The van der Waals surface area contributed by atoms with E-state index in [0.29, 0.717) is 0 Å². The van der Waals surface area contributed by atoms with Crippen LogP contribution in [-0.2, 0) is 0 Å². The van der Waals surface area contributed by atoms with E-state index in [-0.39, 0.29) is 0 Å². The van der Waals surface area contributed by atoms with E-state index in [2.05, 4.69) is 131 Å². The summed E-state index contributed by atoms with van der Waals surface area (Å²) in [5.74, 6) is 0. The van der Waals surface area contributed by atoms with Gasteiger partial charge in [-0.1, -0.05) is 73.5 Å². The Hall–Kier alpha value is -4.21. The van der Waals surface area contributed by atoms with Crippen molar-refractivity contribution in [2.45, 2.75) is 30.6 Å². The van der Waals surface area contributed by atoms with Crippen molar-refractivity contribution in [1.82, 2.24) is 4.57 Å². The third-order valence-electron chi connectivity index (χ3n) is 7.88. The number of fused-ring (bicyclic) bond motifs is 4. The average Bonchev–Trinajstić information content (AvgIpc) is 3.28. The van der Waals surface area contributed by atoms with Crippen LogP contribution in [0.3, 0.4) is 0 Å². The van der Waals surface area contributed by atoms with Gasteiger partial charge in [0.25, 0.3) is 0 Å². The summed E-state index contributed by atoms with van der Waals surface area (Å²) in [4.78, 5) is 3.58. The Labute approximate surface area is 234 Å². The third-order valence-corrected chi connectivity index (χ3v) is 8.76. The molecule has 0 unspecified atom stereocenters. The van der Waals surface area contributed by atoms with Gasteiger partial charge in [-0.25, -0.2) is 0 Å². The minimum absolute atomic E-state index is 1.02. The lowest BCUT2D eigenvalue weighted by Gasteiger charge is -2.29. The molecule has 0 fully saturated rings. The highest BCUT2D eigenvalue weighted by molar-refractivity contribution is 8.02. The molecule has 1 aromatic heterocycles. The van der Waals surface area contributed by atoms with E-state index in [0.717, 1.165) is 37.0 Å². The molecule has 0 radical (unpaired) electrons. The van der Waals surface area contributed by atoms with Crippen molar-refractivity contribution < 1.29 is 0 Å². The van der Waals surface area contributed by atoms with E-state index < -0.39 is 0 Å². The monoisotopic (exact) mass is 522 g/mol. The number of para-hydroxylation sites is 1. The standard InChI is InChI=1S/C36H30N2S/c1-25-11-9-10-21-37(33-15-6-3-12-29(25)33)27-18-19-35-32(24-27)31-14-4-7-16-34(31)38(35)28-20-22-39-36-17-8-5-13-30(36)26(2)23-28/h4-8,10,13-24H,1-3,9,11-12H2/b21-10-,22-20-,28-23+. The van der Waals surface area contributed by atoms with Crippen LogP contribution in [0.5, 0.6) is 0 Å². The molecule has 2 nitrogen and oxygen atoms in total. The summed E-state index contributed by atoms with van der Waals surface area (Å²) in [5, 5.41) is 4.68. The summed E-state index contributed by atoms with van der Waals surface area (Å²) in [7, 11) is 0. The Morgan fingerprint density at radius 2 is 1.59 bits per heavy atom. The molecule has 3 heterocycles. The Morgan fingerprint density at radius 3 is 2.54 bits per heavy atom. The van der Waals surface area contributed by atoms with E-state index in [1.165, 1.54) is 54.8 Å². The first-order valence-electron chi connectivity index (χ1n) is 13.6. The summed E-state index contributed by atoms with van der Waals surface area (Å²) in [6.45, 7) is 8.88. The summed E-state index contributed by atoms with van der Waals surface area (Å²) < 4.78 is 2.38. The van der Waals surface area contributed by atoms with Gasteiger partial charge in [-0.3, -0.25) is 0 Å². The molecule has 0 spiro atoms. The zero-order valence-corrected chi connectivity index (χ0v) is 22.8. The first-order chi connectivity index (χ1) is 19.2. The molecule has 0 bridgehead atoms. The van der Waals surface area contributed by atoms with E-state index in [9.17, 15) is 0 Å². The van der Waals surface area contributed by atoms with E-state index >= 15 is 0 Å². The van der Waals surface area contributed by atoms with Gasteiger partial charge < -0.3 is 9.47 Å². The van der Waals surface area contributed by atoms with Crippen molar-refractivity contribution in [3.05, 3.63) is 144 Å². The van der Waals surface area contributed by atoms with Crippen LogP contribution >= 0.6 is 11.8 Å². The molecule has 7 rings (SSSR count). The molecular formula is C36H30N2S. The number of nitrogens with zero attached hydrogens (tertiary/aromatic N) is 2. The van der Waals surface area contributed by atoms with Gasteiger partial charge in [0.15, 0.2) is 0 Å². The Bertz CT molecular complexity index is 1820. The van der Waals surface area contributed by atoms with Gasteiger partial charge in [0, 0.05) is 38.9 Å². The summed E-state index contributed by atoms with van der Waals surface area (Å²) in [6.07, 6.45) is 17.7. The van der Waals surface area contributed by atoms with Crippen LogP contribution in [0.1, 0.15) is 31.2 Å². The number of allylic oxidation sites excluding steroid dienone is 9. The smallest absolute Gasteiger partial charge is 0.0542 e. The second-order valence-electron chi connectivity index (χ2n) is 10.3. The molecule has 4 aromatic rings. The topological polar surface area (TPSA) is 8.17 Å². The molecule has 0 saturated heterocycles. The molecule has 190 valence electrons. The maximum Gasteiger partial charge on any atom is 0.0542 e. The van der Waals surface area contributed by atoms with Crippen molar-refractivity contribution in [2.75, 3.05) is 4.90 Å². The number of rotatable bonds is 2. The van der Waals surface area contributed by atoms with Gasteiger partial charge in [0.1, 0.15) is 0 Å². The molecule has 0 atom stereocenters. The Morgan fingerprint density at radius 1 is 0.769 bits per heavy atom. The van der Waals surface area contributed by atoms with Crippen LogP contribution in [0.25, 0.3) is 33.1 Å². The molecule has 0 N–H and O–H groups in total. The maximum atomic E-state index is 4.44. The van der Waals surface area contributed by atoms with Crippen molar-refractivity contribution in [1.29, 1.82) is 0 Å². The first kappa shape index (κ1) is 23.9. The van der Waals surface area contributed by atoms with Crippen LogP contribution in [0.15, 0.2) is 144 Å². The number of aromatic nitrogens is 1. The molecule has 1 aliphatic carbocycles. The first-order valence-corrected chi connectivity index (χ1v) is 14.5. The largest absolute Gasteiger partial charge is 0.317 e. The number of hydrogen-bond acceptors (Lipinski definition) is 2. The fraction of sp³-hybridized carbons (Fsp3) is 0.111. The second-order valence-corrected chi connectivity index (χ2v) is 11.2. The molecule has 2 aliphatic heterocycles. The van der Waals surface area contributed by atoms with Crippen LogP contribution in [0.2, 0.25) is 0 Å². The van der Waals surface area contributed by atoms with E-state index in [1.807, 2.05) is 0 Å². The summed E-state index contributed by atoms with van der Waals surface area (Å²) in [5.41, 5.74) is 10.8. The lowest BCUT2D eigenvalue weighted by atomic mass is 9.91. The van der Waals surface area contributed by atoms with Gasteiger partial charge in [-0.2, -0.15) is 0 Å². The highest BCUT2D eigenvalue weighted by Gasteiger charge is 2.21. The van der Waals surface area contributed by atoms with Crippen LogP contribution in [0, 0.1) is 0 Å². The Balaban J connectivity index is 1.41. The highest BCUT2D eigenvalue weighted by Crippen LogP contribution is 2.40. The van der Waals surface area contributed by atoms with Crippen LogP contribution in [0.4, 0.5) is 5.69 Å². The molecule has 3 aliphatic rings. The highest BCUT2D eigenvalue weighted by atomic mass is 32.2. The predicted molar refractivity (Wildman–Crippen MR) is 170 cm³/mol. The van der Waals surface area contributed by atoms with Gasteiger partial charge in [-0.15, -0.1) is 0 Å². The van der Waals surface area contributed by atoms with Crippen molar-refractivity contribution in [3.63, 3.8) is 0 Å². The fourth-order valence-corrected chi connectivity index (χ4v) is 6.81. The summed E-state index contributed by atoms with van der Waals surface area (Å²) >= 11 is 1.75. The van der Waals surface area contributed by atoms with Gasteiger partial charge in [-0.05, 0) is 102 Å². The normalized spacial score (nSPS) is 20.5. The molecule has 3 heteroatoms. The van der Waals surface area contributed by atoms with Gasteiger partial charge in [0.05, 0.1) is 11.0 Å². The lowest BCUT2D eigenvalue weighted by Crippen LogP contribution is -2.19. The molecule has 3 aromatic carbocycles. The number of hydrogen-bond donors (Lipinski definition) is 0. The third kappa shape index (κ3) is 4.14. The molecule has 0 saturated carbocycles. The number of anilines is 1.